The van der Waals surface area contributed by atoms with Crippen LogP contribution in [0.2, 0.25) is 0 Å². The lowest BCUT2D eigenvalue weighted by Crippen LogP contribution is -2.41. The normalized spacial score (nSPS) is 28.5. The average molecular weight is 1320 g/mol. The molecule has 4 heterocycles. The SMILES string of the molecule is CC1CCOP(=O)(NCCCl)N1CCCl.CC1CCOP(=O)(NCCCl)N1CCCl.ClCCl.O=IF.O=P1(NCCCl)OCCC=[N+]1CCCl.O=P1(NCCCl)OCCCN1CCCl. The van der Waals surface area contributed by atoms with E-state index in [0.29, 0.717) is 126 Å². The third-order valence-electron chi connectivity index (χ3n) is 8.47. The van der Waals surface area contributed by atoms with E-state index < -0.39 is 52.4 Å². The van der Waals surface area contributed by atoms with Gasteiger partial charge in [-0.15, -0.1) is 119 Å². The highest BCUT2D eigenvalue weighted by atomic mass is 127. The van der Waals surface area contributed by atoms with Crippen molar-refractivity contribution in [2.24, 2.45) is 0 Å². The van der Waals surface area contributed by atoms with Crippen molar-refractivity contribution < 1.29 is 46.6 Å². The second kappa shape index (κ2) is 43.0. The van der Waals surface area contributed by atoms with Gasteiger partial charge in [0.1, 0.15) is 6.21 Å². The van der Waals surface area contributed by atoms with E-state index in [1.807, 2.05) is 29.4 Å². The maximum atomic E-state index is 12.4. The molecule has 3 fully saturated rings. The van der Waals surface area contributed by atoms with E-state index in [9.17, 15) is 21.1 Å². The predicted octanol–water partition coefficient (Wildman–Crippen LogP) is 10.7. The molecule has 4 N–H and O–H groups in total. The minimum absolute atomic E-state index is 0.194. The van der Waals surface area contributed by atoms with Crippen molar-refractivity contribution >= 4 is 175 Å². The summed E-state index contributed by atoms with van der Waals surface area (Å²) < 4.78 is 95.7. The quantitative estimate of drug-likeness (QED) is 0.0513. The van der Waals surface area contributed by atoms with Crippen LogP contribution < -0.4 is 20.3 Å². The van der Waals surface area contributed by atoms with Crippen LogP contribution in [0.4, 0.5) is 2.86 Å². The summed E-state index contributed by atoms with van der Waals surface area (Å²) in [5, 5.41) is 11.6. The van der Waals surface area contributed by atoms with Crippen LogP contribution >= 0.6 is 168 Å². The monoisotopic (exact) mass is 1310 g/mol. The highest BCUT2D eigenvalue weighted by molar-refractivity contribution is 14.1. The van der Waals surface area contributed by atoms with Crippen molar-refractivity contribution in [3.63, 3.8) is 0 Å². The van der Waals surface area contributed by atoms with Gasteiger partial charge in [0.05, 0.1) is 37.6 Å². The zero-order valence-corrected chi connectivity index (χ0v) is 49.2. The smallest absolute Gasteiger partial charge is 0.306 e. The van der Waals surface area contributed by atoms with Crippen LogP contribution in [0.15, 0.2) is 0 Å². The van der Waals surface area contributed by atoms with E-state index in [4.69, 9.17) is 137 Å². The standard InChI is InChI=1S/2C8H17Cl2N2O2P.C7H15Cl2N2O2P.C7H14Cl2N2O2P.CH2Cl2.FIO/c2*1-8-2-7-14-15(13,11-5-3-9)12(8)6-4-10;2*8-2-4-10-14(12)11(6-3-9)5-1-7-13-14;2-1-3;1-2-3/h2*8H,2-7H2,1H3,(H,11,13);1-7H2,(H,10,12);5H,1-4,6-7H2,(H,10,12);1H2;/q;;;+1;;. The Hall–Kier alpha value is 3.51. The Morgan fingerprint density at radius 1 is 0.609 bits per heavy atom. The second-order valence-electron chi connectivity index (χ2n) is 12.8. The van der Waals surface area contributed by atoms with Gasteiger partial charge in [-0.25, -0.2) is 36.9 Å². The Labute approximate surface area is 441 Å². The molecule has 33 heteroatoms. The number of hydrogen-bond acceptors (Lipinski definition) is 9. The Kier molecular flexibility index (Phi) is 46.7. The second-order valence-corrected chi connectivity index (χ2v) is 25.5. The van der Waals surface area contributed by atoms with Gasteiger partial charge in [0.15, 0.2) is 6.54 Å². The van der Waals surface area contributed by atoms with E-state index >= 15 is 0 Å². The highest BCUT2D eigenvalue weighted by Gasteiger charge is 2.40. The molecule has 6 atom stereocenters. The van der Waals surface area contributed by atoms with Gasteiger partial charge in [-0.2, -0.15) is 9.43 Å². The molecule has 64 heavy (non-hydrogen) atoms. The average Bonchev–Trinajstić information content (AvgIpc) is 3.27. The van der Waals surface area contributed by atoms with Gasteiger partial charge in [0.25, 0.3) is 0 Å². The van der Waals surface area contributed by atoms with Crippen molar-refractivity contribution in [3.05, 3.63) is 0 Å². The highest BCUT2D eigenvalue weighted by Crippen LogP contribution is 2.52. The first kappa shape index (κ1) is 69.6. The van der Waals surface area contributed by atoms with Crippen molar-refractivity contribution in [2.45, 2.75) is 51.6 Å². The van der Waals surface area contributed by atoms with Crippen molar-refractivity contribution in [1.82, 2.24) is 34.4 Å². The van der Waals surface area contributed by atoms with Crippen molar-refractivity contribution in [2.75, 3.05) is 138 Å². The lowest BCUT2D eigenvalue weighted by atomic mass is 10.2. The van der Waals surface area contributed by atoms with Gasteiger partial charge in [-0.3, -0.25) is 18.2 Å². The Bertz CT molecular complexity index is 1380. The summed E-state index contributed by atoms with van der Waals surface area (Å²) in [4.78, 5) is 0. The summed E-state index contributed by atoms with van der Waals surface area (Å²) in [6, 6.07) is 0.456. The predicted molar refractivity (Wildman–Crippen MR) is 278 cm³/mol. The van der Waals surface area contributed by atoms with Crippen LogP contribution in [-0.4, -0.2) is 174 Å². The molecule has 0 aromatic rings. The summed E-state index contributed by atoms with van der Waals surface area (Å²) in [6.07, 6.45) is 5.29. The third-order valence-corrected chi connectivity index (χ3v) is 19.2. The fourth-order valence-electron chi connectivity index (χ4n) is 5.68. The number of nitrogens with zero attached hydrogens (tertiary/aromatic N) is 4. The molecule has 17 nitrogen and oxygen atoms in total. The van der Waals surface area contributed by atoms with Crippen LogP contribution in [0.25, 0.3) is 0 Å². The summed E-state index contributed by atoms with van der Waals surface area (Å²) in [7, 11) is -11.5. The molecule has 0 aliphatic carbocycles. The summed E-state index contributed by atoms with van der Waals surface area (Å²) in [5.74, 6) is 3.42. The largest absolute Gasteiger partial charge is 0.534 e. The molecular weight excluding hydrogens is 1250 g/mol. The summed E-state index contributed by atoms with van der Waals surface area (Å²) >= 11 is 52.1. The number of alkyl halides is 10. The van der Waals surface area contributed by atoms with Gasteiger partial charge in [0.2, 0.25) is 0 Å². The molecule has 0 saturated carbocycles. The van der Waals surface area contributed by atoms with E-state index in [1.54, 1.807) is 9.02 Å². The first-order chi connectivity index (χ1) is 30.6. The Morgan fingerprint density at radius 3 is 1.42 bits per heavy atom. The third kappa shape index (κ3) is 28.7. The van der Waals surface area contributed by atoms with E-state index in [2.05, 4.69) is 20.3 Å². The molecule has 4 aliphatic heterocycles. The first-order valence-electron chi connectivity index (χ1n) is 19.9. The van der Waals surface area contributed by atoms with E-state index in [0.717, 1.165) is 32.2 Å². The lowest BCUT2D eigenvalue weighted by Gasteiger charge is -2.39. The summed E-state index contributed by atoms with van der Waals surface area (Å²) in [5.41, 5.74) is 0. The van der Waals surface area contributed by atoms with Crippen molar-refractivity contribution in [1.29, 1.82) is 0 Å². The molecule has 0 aromatic heterocycles. The molecular formula is C31H65Cl10FIN8O9P4+. The van der Waals surface area contributed by atoms with Crippen LogP contribution in [-0.2, 0) is 39.4 Å². The Morgan fingerprint density at radius 2 is 1.02 bits per heavy atom. The fourth-order valence-corrected chi connectivity index (χ4v) is 16.0. The van der Waals surface area contributed by atoms with E-state index in [-0.39, 0.29) is 17.4 Å². The van der Waals surface area contributed by atoms with Gasteiger partial charge in [0, 0.05) is 112 Å². The minimum Gasteiger partial charge on any atom is -0.306 e. The molecule has 3 saturated heterocycles. The van der Waals surface area contributed by atoms with Crippen molar-refractivity contribution in [3.8, 4) is 0 Å². The summed E-state index contributed by atoms with van der Waals surface area (Å²) in [6.45, 7) is 11.0. The molecule has 0 radical (unpaired) electrons. The molecule has 0 spiro atoms. The van der Waals surface area contributed by atoms with Crippen LogP contribution in [0.1, 0.15) is 39.5 Å². The first-order valence-corrected chi connectivity index (χ1v) is 33.3. The fraction of sp³-hybridized carbons (Fsp3) is 0.968. The van der Waals surface area contributed by atoms with Crippen LogP contribution in [0.3, 0.4) is 0 Å². The molecule has 0 bridgehead atoms. The molecule has 4 rings (SSSR count). The Balaban J connectivity index is 0. The maximum absolute atomic E-state index is 12.4. The topological polar surface area (TPSA) is 183 Å². The van der Waals surface area contributed by atoms with Gasteiger partial charge in [-0.1, -0.05) is 0 Å². The number of halogens is 12. The lowest BCUT2D eigenvalue weighted by molar-refractivity contribution is -0.384. The zero-order chi connectivity index (χ0) is 48.9. The van der Waals surface area contributed by atoms with Crippen LogP contribution in [0, 0.1) is 0 Å². The minimum atomic E-state index is -2.90. The molecule has 0 amide bonds. The molecule has 6 unspecified atom stereocenters. The van der Waals surface area contributed by atoms with Crippen LogP contribution in [0.5, 0.6) is 0 Å². The maximum Gasteiger partial charge on any atom is 0.534 e. The van der Waals surface area contributed by atoms with Gasteiger partial charge < -0.3 is 13.6 Å². The molecule has 4 aliphatic rings. The number of hydrogen-bond donors (Lipinski definition) is 4. The zero-order valence-electron chi connectivity index (χ0n) is 35.9. The van der Waals surface area contributed by atoms with Gasteiger partial charge >= 0.3 is 52.4 Å². The molecule has 386 valence electrons. The molecule has 0 aromatic carbocycles. The number of nitrogens with one attached hydrogen (secondary N) is 4. The van der Waals surface area contributed by atoms with Gasteiger partial charge in [-0.05, 0) is 33.1 Å². The van der Waals surface area contributed by atoms with E-state index in [1.165, 1.54) is 0 Å². The number of rotatable bonds is 20.